The molecule has 19 heavy (non-hydrogen) atoms. The first-order chi connectivity index (χ1) is 8.93. The molecule has 1 aromatic carbocycles. The van der Waals surface area contributed by atoms with Crippen molar-refractivity contribution in [1.29, 1.82) is 0 Å². The summed E-state index contributed by atoms with van der Waals surface area (Å²) in [5.74, 6) is -0.438. The third kappa shape index (κ3) is 4.89. The zero-order chi connectivity index (χ0) is 14.4. The van der Waals surface area contributed by atoms with Crippen LogP contribution in [0.25, 0.3) is 0 Å². The Morgan fingerprint density at radius 3 is 2.00 bits per heavy atom. The van der Waals surface area contributed by atoms with Crippen LogP contribution in [0.2, 0.25) is 0 Å². The van der Waals surface area contributed by atoms with Gasteiger partial charge in [-0.3, -0.25) is 9.59 Å². The molecule has 0 fully saturated rings. The summed E-state index contributed by atoms with van der Waals surface area (Å²) >= 11 is 10.6. The predicted octanol–water partition coefficient (Wildman–Crippen LogP) is 2.39. The van der Waals surface area contributed by atoms with Crippen LogP contribution in [0.15, 0.2) is 18.2 Å². The van der Waals surface area contributed by atoms with Crippen LogP contribution in [0.3, 0.4) is 0 Å². The van der Waals surface area contributed by atoms with Crippen molar-refractivity contribution in [3.63, 3.8) is 0 Å². The van der Waals surface area contributed by atoms with E-state index in [9.17, 15) is 14.4 Å². The summed E-state index contributed by atoms with van der Waals surface area (Å²) in [5.41, 5.74) is 0.0963. The Balaban J connectivity index is 2.90. The maximum atomic E-state index is 11.1. The smallest absolute Gasteiger partial charge is 0.344 e. The van der Waals surface area contributed by atoms with Gasteiger partial charge in [0.05, 0.1) is 6.61 Å². The molecule has 0 aliphatic heterocycles. The van der Waals surface area contributed by atoms with E-state index >= 15 is 0 Å². The highest BCUT2D eigenvalue weighted by atomic mass is 35.5. The van der Waals surface area contributed by atoms with E-state index in [1.807, 2.05) is 0 Å². The fourth-order valence-electron chi connectivity index (χ4n) is 1.25. The van der Waals surface area contributed by atoms with E-state index in [0.717, 1.165) is 0 Å². The lowest BCUT2D eigenvalue weighted by atomic mass is 10.1. The Morgan fingerprint density at radius 1 is 1.05 bits per heavy atom. The van der Waals surface area contributed by atoms with Crippen LogP contribution in [-0.2, 0) is 9.53 Å². The molecular weight excluding hydrogens is 295 g/mol. The van der Waals surface area contributed by atoms with Gasteiger partial charge in [-0.2, -0.15) is 0 Å². The van der Waals surface area contributed by atoms with E-state index in [4.69, 9.17) is 27.9 Å². The number of hydrogen-bond acceptors (Lipinski definition) is 5. The monoisotopic (exact) mass is 304 g/mol. The molecule has 102 valence electrons. The van der Waals surface area contributed by atoms with E-state index in [1.165, 1.54) is 18.2 Å². The van der Waals surface area contributed by atoms with E-state index in [-0.39, 0.29) is 30.1 Å². The third-order valence-corrected chi connectivity index (χ3v) is 2.46. The molecule has 1 aromatic rings. The fourth-order valence-corrected chi connectivity index (χ4v) is 1.47. The average molecular weight is 305 g/mol. The molecule has 1 rings (SSSR count). The van der Waals surface area contributed by atoms with E-state index in [2.05, 4.69) is 4.74 Å². The molecular formula is C12H10Cl2O5. The van der Waals surface area contributed by atoms with Gasteiger partial charge < -0.3 is 9.47 Å². The summed E-state index contributed by atoms with van der Waals surface area (Å²) in [4.78, 5) is 33.3. The first kappa shape index (κ1) is 15.5. The maximum Gasteiger partial charge on any atom is 0.344 e. The quantitative estimate of drug-likeness (QED) is 0.596. The fraction of sp³-hybridized carbons (Fsp3) is 0.250. The van der Waals surface area contributed by atoms with Crippen molar-refractivity contribution in [3.05, 3.63) is 29.3 Å². The van der Waals surface area contributed by atoms with E-state index < -0.39 is 16.5 Å². The van der Waals surface area contributed by atoms with Gasteiger partial charge in [-0.1, -0.05) is 0 Å². The first-order valence-corrected chi connectivity index (χ1v) is 6.02. The summed E-state index contributed by atoms with van der Waals surface area (Å²) in [5, 5.41) is -1.53. The highest BCUT2D eigenvalue weighted by Gasteiger charge is 2.12. The Kier molecular flexibility index (Phi) is 5.79. The zero-order valence-electron chi connectivity index (χ0n) is 9.94. The summed E-state index contributed by atoms with van der Waals surface area (Å²) in [6.07, 6.45) is 0. The average Bonchev–Trinajstić information content (AvgIpc) is 2.36. The van der Waals surface area contributed by atoms with Crippen molar-refractivity contribution in [2.45, 2.75) is 6.92 Å². The minimum absolute atomic E-state index is 0.0482. The Hall–Kier alpha value is -1.59. The van der Waals surface area contributed by atoms with Crippen molar-refractivity contribution in [3.8, 4) is 5.75 Å². The maximum absolute atomic E-state index is 11.1. The number of carbonyl (C=O) groups is 3. The molecule has 0 aliphatic rings. The number of carbonyl (C=O) groups excluding carboxylic acids is 3. The summed E-state index contributed by atoms with van der Waals surface area (Å²) in [6.45, 7) is 1.55. The first-order valence-electron chi connectivity index (χ1n) is 5.27. The predicted molar refractivity (Wildman–Crippen MR) is 68.9 cm³/mol. The third-order valence-electron chi connectivity index (χ3n) is 2.02. The second-order valence-electron chi connectivity index (χ2n) is 3.39. The molecule has 0 N–H and O–H groups in total. The number of benzene rings is 1. The lowest BCUT2D eigenvalue weighted by Crippen LogP contribution is -2.15. The summed E-state index contributed by atoms with van der Waals surface area (Å²) < 4.78 is 9.77. The Morgan fingerprint density at radius 2 is 1.58 bits per heavy atom. The van der Waals surface area contributed by atoms with Crippen molar-refractivity contribution in [2.24, 2.45) is 0 Å². The molecule has 0 aliphatic carbocycles. The van der Waals surface area contributed by atoms with Gasteiger partial charge >= 0.3 is 5.97 Å². The second-order valence-corrected chi connectivity index (χ2v) is 4.07. The van der Waals surface area contributed by atoms with Crippen molar-refractivity contribution >= 4 is 39.7 Å². The SMILES string of the molecule is CCOC(=O)COc1cc(C(=O)Cl)cc(C(=O)Cl)c1. The molecule has 0 heterocycles. The second kappa shape index (κ2) is 7.11. The molecule has 0 saturated heterocycles. The van der Waals surface area contributed by atoms with Crippen LogP contribution in [-0.4, -0.2) is 29.7 Å². The topological polar surface area (TPSA) is 69.7 Å². The van der Waals surface area contributed by atoms with E-state index in [1.54, 1.807) is 6.92 Å². The largest absolute Gasteiger partial charge is 0.482 e. The molecule has 0 saturated carbocycles. The lowest BCUT2D eigenvalue weighted by Gasteiger charge is -2.08. The van der Waals surface area contributed by atoms with Crippen LogP contribution in [0.1, 0.15) is 27.6 Å². The highest BCUT2D eigenvalue weighted by Crippen LogP contribution is 2.20. The molecule has 0 amide bonds. The van der Waals surface area contributed by atoms with Crippen molar-refractivity contribution < 1.29 is 23.9 Å². The van der Waals surface area contributed by atoms with Gasteiger partial charge in [0.25, 0.3) is 10.5 Å². The zero-order valence-corrected chi connectivity index (χ0v) is 11.5. The molecule has 0 spiro atoms. The highest BCUT2D eigenvalue weighted by molar-refractivity contribution is 6.69. The normalized spacial score (nSPS) is 9.84. The molecule has 0 aromatic heterocycles. The molecule has 0 radical (unpaired) electrons. The minimum Gasteiger partial charge on any atom is -0.482 e. The number of esters is 1. The number of halogens is 2. The van der Waals surface area contributed by atoms with Gasteiger partial charge in [-0.25, -0.2) is 4.79 Å². The van der Waals surface area contributed by atoms with Crippen LogP contribution in [0.4, 0.5) is 0 Å². The van der Waals surface area contributed by atoms with Crippen LogP contribution < -0.4 is 4.74 Å². The molecule has 0 atom stereocenters. The number of rotatable bonds is 6. The number of ether oxygens (including phenoxy) is 2. The molecule has 0 bridgehead atoms. The van der Waals surface area contributed by atoms with Crippen LogP contribution >= 0.6 is 23.2 Å². The van der Waals surface area contributed by atoms with Crippen molar-refractivity contribution in [2.75, 3.05) is 13.2 Å². The van der Waals surface area contributed by atoms with Gasteiger partial charge in [-0.05, 0) is 48.3 Å². The summed E-state index contributed by atoms with van der Waals surface area (Å²) in [7, 11) is 0. The van der Waals surface area contributed by atoms with Gasteiger partial charge in [0.15, 0.2) is 6.61 Å². The molecule has 7 heteroatoms. The van der Waals surface area contributed by atoms with Gasteiger partial charge in [0.2, 0.25) is 0 Å². The summed E-state index contributed by atoms with van der Waals surface area (Å²) in [6, 6.07) is 3.84. The standard InChI is InChI=1S/C12H10Cl2O5/c1-2-18-10(15)6-19-9-4-7(11(13)16)3-8(5-9)12(14)17/h3-5H,2,6H2,1H3. The van der Waals surface area contributed by atoms with Gasteiger partial charge in [0.1, 0.15) is 5.75 Å². The van der Waals surface area contributed by atoms with Crippen molar-refractivity contribution in [1.82, 2.24) is 0 Å². The van der Waals surface area contributed by atoms with Gasteiger partial charge in [-0.15, -0.1) is 0 Å². The minimum atomic E-state index is -0.763. The Bertz CT molecular complexity index is 481. The lowest BCUT2D eigenvalue weighted by molar-refractivity contribution is -0.145. The molecule has 0 unspecified atom stereocenters. The number of hydrogen-bond donors (Lipinski definition) is 0. The van der Waals surface area contributed by atoms with E-state index in [0.29, 0.717) is 0 Å². The Labute approximate surface area is 119 Å². The molecule has 5 nitrogen and oxygen atoms in total. The van der Waals surface area contributed by atoms with Crippen LogP contribution in [0, 0.1) is 0 Å². The van der Waals surface area contributed by atoms with Crippen LogP contribution in [0.5, 0.6) is 5.75 Å². The van der Waals surface area contributed by atoms with Gasteiger partial charge in [0, 0.05) is 11.1 Å².